The van der Waals surface area contributed by atoms with Crippen LogP contribution in [0.15, 0.2) is 76.3 Å². The second kappa shape index (κ2) is 12.1. The quantitative estimate of drug-likeness (QED) is 0.177. The van der Waals surface area contributed by atoms with E-state index in [2.05, 4.69) is 10.2 Å². The molecule has 9 nitrogen and oxygen atoms in total. The summed E-state index contributed by atoms with van der Waals surface area (Å²) in [5.41, 5.74) is 4.69. The molecule has 0 amide bonds. The Labute approximate surface area is 236 Å². The molecule has 0 aliphatic rings. The van der Waals surface area contributed by atoms with Gasteiger partial charge in [0.25, 0.3) is 0 Å². The van der Waals surface area contributed by atoms with Crippen LogP contribution in [0.1, 0.15) is 11.5 Å². The first-order valence-corrected chi connectivity index (χ1v) is 13.4. The third kappa shape index (κ3) is 5.72. The maximum absolute atomic E-state index is 5.99. The van der Waals surface area contributed by atoms with E-state index in [1.54, 1.807) is 34.5 Å². The minimum Gasteiger partial charge on any atom is -0.497 e. The number of ether oxygens (including phenoxy) is 4. The molecule has 40 heavy (non-hydrogen) atoms. The minimum atomic E-state index is 0.473. The van der Waals surface area contributed by atoms with Crippen LogP contribution in [0.25, 0.3) is 34.0 Å². The van der Waals surface area contributed by atoms with Gasteiger partial charge in [-0.2, -0.15) is 0 Å². The van der Waals surface area contributed by atoms with E-state index in [-0.39, 0.29) is 0 Å². The molecule has 2 heterocycles. The first-order chi connectivity index (χ1) is 19.5. The van der Waals surface area contributed by atoms with Gasteiger partial charge in [0, 0.05) is 22.9 Å². The van der Waals surface area contributed by atoms with E-state index in [0.29, 0.717) is 45.4 Å². The number of methoxy groups -OCH3 is 4. The van der Waals surface area contributed by atoms with E-state index in [9.17, 15) is 0 Å². The molecule has 5 rings (SSSR count). The number of thioether (sulfide) groups is 1. The van der Waals surface area contributed by atoms with E-state index >= 15 is 0 Å². The van der Waals surface area contributed by atoms with Crippen LogP contribution in [0.2, 0.25) is 0 Å². The van der Waals surface area contributed by atoms with Gasteiger partial charge >= 0.3 is 0 Å². The number of hydrogen-bond donors (Lipinski definition) is 0. The third-order valence-corrected chi connectivity index (χ3v) is 7.11. The van der Waals surface area contributed by atoms with Crippen molar-refractivity contribution in [3.05, 3.63) is 78.2 Å². The van der Waals surface area contributed by atoms with Gasteiger partial charge in [-0.1, -0.05) is 11.8 Å². The maximum atomic E-state index is 5.99. The molecular formula is C30H28N4O5S. The zero-order valence-corrected chi connectivity index (χ0v) is 23.6. The Morgan fingerprint density at radius 3 is 1.88 bits per heavy atom. The highest BCUT2D eigenvalue weighted by atomic mass is 32.2. The molecule has 0 saturated carbocycles. The molecule has 0 radical (unpaired) electrons. The molecule has 204 valence electrons. The smallest absolute Gasteiger partial charge is 0.230 e. The van der Waals surface area contributed by atoms with Gasteiger partial charge < -0.3 is 23.4 Å². The third-order valence-electron chi connectivity index (χ3n) is 6.26. The van der Waals surface area contributed by atoms with Gasteiger partial charge in [-0.15, -0.1) is 10.2 Å². The maximum Gasteiger partial charge on any atom is 0.230 e. The van der Waals surface area contributed by atoms with E-state index in [4.69, 9.17) is 33.3 Å². The van der Waals surface area contributed by atoms with Gasteiger partial charge in [-0.3, -0.25) is 0 Å². The van der Waals surface area contributed by atoms with Gasteiger partial charge in [-0.25, -0.2) is 9.97 Å². The Kier molecular flexibility index (Phi) is 8.16. The van der Waals surface area contributed by atoms with E-state index < -0.39 is 0 Å². The monoisotopic (exact) mass is 556 g/mol. The summed E-state index contributed by atoms with van der Waals surface area (Å²) in [5, 5.41) is 9.52. The van der Waals surface area contributed by atoms with E-state index in [1.165, 1.54) is 11.8 Å². The Hall–Kier alpha value is -4.57. The highest BCUT2D eigenvalue weighted by Crippen LogP contribution is 2.36. The van der Waals surface area contributed by atoms with Crippen molar-refractivity contribution in [3.63, 3.8) is 0 Å². The average molecular weight is 557 g/mol. The van der Waals surface area contributed by atoms with Crippen molar-refractivity contribution in [2.75, 3.05) is 28.4 Å². The summed E-state index contributed by atoms with van der Waals surface area (Å²) in [6, 6.07) is 20.9. The minimum absolute atomic E-state index is 0.473. The highest BCUT2D eigenvalue weighted by Gasteiger charge is 2.18. The van der Waals surface area contributed by atoms with E-state index in [0.717, 1.165) is 33.9 Å². The van der Waals surface area contributed by atoms with Crippen molar-refractivity contribution in [2.24, 2.45) is 0 Å². The first-order valence-electron chi connectivity index (χ1n) is 12.4. The number of aryl methyl sites for hydroxylation is 1. The molecule has 0 atom stereocenters. The zero-order chi connectivity index (χ0) is 28.1. The average Bonchev–Trinajstić information content (AvgIpc) is 3.39. The Morgan fingerprint density at radius 2 is 1.27 bits per heavy atom. The van der Waals surface area contributed by atoms with Gasteiger partial charge in [0.2, 0.25) is 11.0 Å². The number of hydrogen-bond acceptors (Lipinski definition) is 10. The van der Waals surface area contributed by atoms with Gasteiger partial charge in [0.15, 0.2) is 0 Å². The molecular weight excluding hydrogens is 528 g/mol. The Morgan fingerprint density at radius 1 is 0.675 bits per heavy atom. The summed E-state index contributed by atoms with van der Waals surface area (Å²) in [7, 11) is 6.49. The number of benzene rings is 3. The molecule has 0 fully saturated rings. The molecule has 0 saturated heterocycles. The number of rotatable bonds is 10. The van der Waals surface area contributed by atoms with E-state index in [1.807, 2.05) is 67.6 Å². The van der Waals surface area contributed by atoms with Gasteiger partial charge in [0.1, 0.15) is 40.1 Å². The van der Waals surface area contributed by atoms with Crippen LogP contribution in [0.5, 0.6) is 23.0 Å². The summed E-state index contributed by atoms with van der Waals surface area (Å²) < 4.78 is 27.5. The molecule has 3 aromatic carbocycles. The van der Waals surface area contributed by atoms with Crippen LogP contribution >= 0.6 is 11.8 Å². The predicted octanol–water partition coefficient (Wildman–Crippen LogP) is 6.50. The fourth-order valence-corrected chi connectivity index (χ4v) is 4.84. The first kappa shape index (κ1) is 27.0. The number of aromatic nitrogens is 4. The van der Waals surface area contributed by atoms with Crippen LogP contribution in [0.4, 0.5) is 0 Å². The van der Waals surface area contributed by atoms with Gasteiger partial charge in [-0.05, 0) is 67.6 Å². The van der Waals surface area contributed by atoms with Crippen molar-refractivity contribution < 1.29 is 23.4 Å². The lowest BCUT2D eigenvalue weighted by Gasteiger charge is -2.10. The van der Waals surface area contributed by atoms with Crippen molar-refractivity contribution in [1.82, 2.24) is 20.2 Å². The van der Waals surface area contributed by atoms with Crippen LogP contribution in [-0.4, -0.2) is 48.6 Å². The zero-order valence-electron chi connectivity index (χ0n) is 22.8. The lowest BCUT2D eigenvalue weighted by atomic mass is 10.0. The molecule has 0 aliphatic heterocycles. The second-order valence-electron chi connectivity index (χ2n) is 8.63. The summed E-state index contributed by atoms with van der Waals surface area (Å²) in [6.07, 6.45) is 0. The lowest BCUT2D eigenvalue weighted by molar-refractivity contribution is 0.394. The van der Waals surface area contributed by atoms with Crippen molar-refractivity contribution in [1.29, 1.82) is 0 Å². The van der Waals surface area contributed by atoms with Crippen molar-refractivity contribution >= 4 is 11.8 Å². The largest absolute Gasteiger partial charge is 0.497 e. The molecule has 0 aliphatic carbocycles. The normalized spacial score (nSPS) is 10.8. The van der Waals surface area contributed by atoms with Crippen molar-refractivity contribution in [3.8, 4) is 57.0 Å². The molecule has 0 bridgehead atoms. The summed E-state index contributed by atoms with van der Waals surface area (Å²) in [6.45, 7) is 1.89. The van der Waals surface area contributed by atoms with Crippen LogP contribution < -0.4 is 18.9 Å². The van der Waals surface area contributed by atoms with Crippen LogP contribution in [-0.2, 0) is 5.75 Å². The summed E-state index contributed by atoms with van der Waals surface area (Å²) in [5.74, 6) is 4.51. The van der Waals surface area contributed by atoms with Crippen LogP contribution in [0.3, 0.4) is 0 Å². The fourth-order valence-electron chi connectivity index (χ4n) is 4.05. The molecule has 5 aromatic rings. The van der Waals surface area contributed by atoms with Crippen molar-refractivity contribution in [2.45, 2.75) is 17.8 Å². The second-order valence-corrected chi connectivity index (χ2v) is 9.57. The Balaban J connectivity index is 1.44. The SMILES string of the molecule is COc1ccc(-c2nnc(SCc3nc(-c4ccc(OC)cc4OC)oc3C)nc2-c2ccc(OC)cc2)cc1. The molecule has 0 N–H and O–H groups in total. The summed E-state index contributed by atoms with van der Waals surface area (Å²) >= 11 is 1.44. The predicted molar refractivity (Wildman–Crippen MR) is 153 cm³/mol. The highest BCUT2D eigenvalue weighted by molar-refractivity contribution is 7.98. The molecule has 10 heteroatoms. The standard InChI is InChI=1S/C30H28N4O5S/c1-18-25(31-29(39-18)24-15-14-23(37-4)16-26(24)38-5)17-40-30-32-27(19-6-10-21(35-2)11-7-19)28(33-34-30)20-8-12-22(36-3)13-9-20/h6-16H,17H2,1-5H3. The molecule has 0 spiro atoms. The topological polar surface area (TPSA) is 102 Å². The lowest BCUT2D eigenvalue weighted by Crippen LogP contribution is -2.00. The van der Waals surface area contributed by atoms with Crippen LogP contribution in [0, 0.1) is 6.92 Å². The fraction of sp³-hybridized carbons (Fsp3) is 0.200. The number of nitrogens with zero attached hydrogens (tertiary/aromatic N) is 4. The number of oxazole rings is 1. The summed E-state index contributed by atoms with van der Waals surface area (Å²) in [4.78, 5) is 9.63. The Bertz CT molecular complexity index is 1600. The molecule has 0 unspecified atom stereocenters. The molecule has 2 aromatic heterocycles. The van der Waals surface area contributed by atoms with Gasteiger partial charge in [0.05, 0.1) is 39.7 Å².